The van der Waals surface area contributed by atoms with Crippen LogP contribution in [0.2, 0.25) is 0 Å². The van der Waals surface area contributed by atoms with E-state index >= 15 is 0 Å². The van der Waals surface area contributed by atoms with E-state index in [2.05, 4.69) is 38.1 Å². The van der Waals surface area contributed by atoms with Crippen molar-refractivity contribution < 1.29 is 5.11 Å². The van der Waals surface area contributed by atoms with Gasteiger partial charge in [0.05, 0.1) is 6.10 Å². The molecule has 1 aromatic carbocycles. The Morgan fingerprint density at radius 2 is 1.89 bits per heavy atom. The summed E-state index contributed by atoms with van der Waals surface area (Å²) in [6.07, 6.45) is 7.10. The van der Waals surface area contributed by atoms with Gasteiger partial charge >= 0.3 is 0 Å². The summed E-state index contributed by atoms with van der Waals surface area (Å²) in [7, 11) is 0. The molecule has 1 aromatic rings. The lowest BCUT2D eigenvalue weighted by Gasteiger charge is -2.32. The van der Waals surface area contributed by atoms with Crippen LogP contribution in [0.5, 0.6) is 0 Å². The summed E-state index contributed by atoms with van der Waals surface area (Å²) in [6.45, 7) is 4.44. The number of hydrogen-bond acceptors (Lipinski definition) is 1. The molecular formula is C17H26O. The highest BCUT2D eigenvalue weighted by Gasteiger charge is 2.27. The maximum atomic E-state index is 10.5. The molecule has 1 saturated carbocycles. The topological polar surface area (TPSA) is 20.2 Å². The zero-order chi connectivity index (χ0) is 13.0. The van der Waals surface area contributed by atoms with Crippen LogP contribution in [0.1, 0.15) is 63.2 Å². The molecule has 0 spiro atoms. The van der Waals surface area contributed by atoms with E-state index in [0.29, 0.717) is 5.92 Å². The van der Waals surface area contributed by atoms with Crippen molar-refractivity contribution in [3.63, 3.8) is 0 Å². The fraction of sp³-hybridized carbons (Fsp3) is 0.647. The quantitative estimate of drug-likeness (QED) is 0.829. The van der Waals surface area contributed by atoms with Crippen LogP contribution in [-0.4, -0.2) is 5.11 Å². The second-order valence-corrected chi connectivity index (χ2v) is 5.74. The maximum absolute atomic E-state index is 10.5. The lowest BCUT2D eigenvalue weighted by molar-refractivity contribution is 0.0678. The van der Waals surface area contributed by atoms with Gasteiger partial charge in [-0.25, -0.2) is 0 Å². The number of aryl methyl sites for hydroxylation is 1. The van der Waals surface area contributed by atoms with E-state index < -0.39 is 0 Å². The molecule has 0 bridgehead atoms. The first-order valence-electron chi connectivity index (χ1n) is 7.51. The van der Waals surface area contributed by atoms with Gasteiger partial charge in [-0.05, 0) is 42.2 Å². The third-order valence-electron chi connectivity index (χ3n) is 4.58. The Kier molecular flexibility index (Phi) is 4.82. The lowest BCUT2D eigenvalue weighted by atomic mass is 9.76. The standard InChI is InChI=1S/C17H26O/c1-3-13-8-10-15(11-9-13)17(18)16-7-5-6-14(4-2)12-16/h8-11,14,16-18H,3-7,12H2,1-2H3. The summed E-state index contributed by atoms with van der Waals surface area (Å²) in [4.78, 5) is 0. The highest BCUT2D eigenvalue weighted by Crippen LogP contribution is 2.38. The number of aliphatic hydroxyl groups is 1. The second-order valence-electron chi connectivity index (χ2n) is 5.74. The van der Waals surface area contributed by atoms with Crippen molar-refractivity contribution in [2.75, 3.05) is 0 Å². The molecule has 0 radical (unpaired) electrons. The smallest absolute Gasteiger partial charge is 0.0818 e. The summed E-state index contributed by atoms with van der Waals surface area (Å²) in [5.74, 6) is 1.30. The average molecular weight is 246 g/mol. The fourth-order valence-corrected chi connectivity index (χ4v) is 3.21. The molecule has 0 amide bonds. The highest BCUT2D eigenvalue weighted by molar-refractivity contribution is 5.24. The minimum Gasteiger partial charge on any atom is -0.388 e. The van der Waals surface area contributed by atoms with Crippen molar-refractivity contribution in [3.05, 3.63) is 35.4 Å². The van der Waals surface area contributed by atoms with Gasteiger partial charge in [0, 0.05) is 0 Å². The summed E-state index contributed by atoms with van der Waals surface area (Å²) >= 11 is 0. The van der Waals surface area contributed by atoms with Crippen molar-refractivity contribution in [1.29, 1.82) is 0 Å². The second kappa shape index (κ2) is 6.38. The Morgan fingerprint density at radius 3 is 2.50 bits per heavy atom. The zero-order valence-electron chi connectivity index (χ0n) is 11.7. The van der Waals surface area contributed by atoms with E-state index in [1.807, 2.05) is 0 Å². The van der Waals surface area contributed by atoms with E-state index in [0.717, 1.165) is 17.9 Å². The lowest BCUT2D eigenvalue weighted by Crippen LogP contribution is -2.21. The van der Waals surface area contributed by atoms with E-state index in [9.17, 15) is 5.11 Å². The van der Waals surface area contributed by atoms with Gasteiger partial charge in [0.1, 0.15) is 0 Å². The van der Waals surface area contributed by atoms with E-state index in [1.54, 1.807) is 0 Å². The van der Waals surface area contributed by atoms with Crippen LogP contribution in [0.15, 0.2) is 24.3 Å². The van der Waals surface area contributed by atoms with Gasteiger partial charge in [-0.3, -0.25) is 0 Å². The molecule has 3 atom stereocenters. The predicted octanol–water partition coefficient (Wildman–Crippen LogP) is 4.50. The summed E-state index contributed by atoms with van der Waals surface area (Å²) < 4.78 is 0. The number of aliphatic hydroxyl groups excluding tert-OH is 1. The molecule has 1 heteroatoms. The van der Waals surface area contributed by atoms with Crippen LogP contribution in [-0.2, 0) is 6.42 Å². The first-order chi connectivity index (χ1) is 8.74. The van der Waals surface area contributed by atoms with E-state index in [1.165, 1.54) is 37.7 Å². The number of benzene rings is 1. The molecule has 3 unspecified atom stereocenters. The van der Waals surface area contributed by atoms with Crippen LogP contribution >= 0.6 is 0 Å². The normalized spacial score (nSPS) is 25.9. The Bertz CT molecular complexity index is 354. The Balaban J connectivity index is 2.02. The van der Waals surface area contributed by atoms with Gasteiger partial charge < -0.3 is 5.11 Å². The highest BCUT2D eigenvalue weighted by atomic mass is 16.3. The van der Waals surface area contributed by atoms with Crippen molar-refractivity contribution in [2.45, 2.75) is 58.5 Å². The minimum absolute atomic E-state index is 0.259. The summed E-state index contributed by atoms with van der Waals surface area (Å²) in [5.41, 5.74) is 2.45. The molecule has 2 rings (SSSR count). The first kappa shape index (κ1) is 13.6. The largest absolute Gasteiger partial charge is 0.388 e. The summed E-state index contributed by atoms with van der Waals surface area (Å²) in [6, 6.07) is 8.52. The number of hydrogen-bond donors (Lipinski definition) is 1. The van der Waals surface area contributed by atoms with Crippen LogP contribution in [0.25, 0.3) is 0 Å². The van der Waals surface area contributed by atoms with Crippen molar-refractivity contribution >= 4 is 0 Å². The van der Waals surface area contributed by atoms with Gasteiger partial charge in [-0.2, -0.15) is 0 Å². The molecule has 100 valence electrons. The van der Waals surface area contributed by atoms with Gasteiger partial charge in [-0.15, -0.1) is 0 Å². The first-order valence-corrected chi connectivity index (χ1v) is 7.51. The molecule has 18 heavy (non-hydrogen) atoms. The van der Waals surface area contributed by atoms with E-state index in [4.69, 9.17) is 0 Å². The molecule has 1 fully saturated rings. The maximum Gasteiger partial charge on any atom is 0.0818 e. The van der Waals surface area contributed by atoms with Crippen molar-refractivity contribution in [3.8, 4) is 0 Å². The van der Waals surface area contributed by atoms with E-state index in [-0.39, 0.29) is 6.10 Å². The zero-order valence-corrected chi connectivity index (χ0v) is 11.7. The Morgan fingerprint density at radius 1 is 1.17 bits per heavy atom. The molecule has 1 nitrogen and oxygen atoms in total. The van der Waals surface area contributed by atoms with Crippen LogP contribution in [0.3, 0.4) is 0 Å². The van der Waals surface area contributed by atoms with Crippen molar-refractivity contribution in [1.82, 2.24) is 0 Å². The molecule has 1 aliphatic carbocycles. The van der Waals surface area contributed by atoms with Crippen LogP contribution < -0.4 is 0 Å². The third kappa shape index (κ3) is 3.14. The minimum atomic E-state index is -0.259. The third-order valence-corrected chi connectivity index (χ3v) is 4.58. The van der Waals surface area contributed by atoms with Crippen molar-refractivity contribution in [2.24, 2.45) is 11.8 Å². The molecule has 0 aromatic heterocycles. The van der Waals surface area contributed by atoms with Gasteiger partial charge in [-0.1, -0.05) is 57.4 Å². The molecule has 0 heterocycles. The van der Waals surface area contributed by atoms with Gasteiger partial charge in [0.25, 0.3) is 0 Å². The Labute approximate surface area is 111 Å². The summed E-state index contributed by atoms with van der Waals surface area (Å²) in [5, 5.41) is 10.5. The van der Waals surface area contributed by atoms with Gasteiger partial charge in [0.2, 0.25) is 0 Å². The Hall–Kier alpha value is -0.820. The molecule has 0 saturated heterocycles. The number of rotatable bonds is 4. The van der Waals surface area contributed by atoms with Crippen LogP contribution in [0.4, 0.5) is 0 Å². The monoisotopic (exact) mass is 246 g/mol. The fourth-order valence-electron chi connectivity index (χ4n) is 3.21. The molecule has 1 aliphatic rings. The van der Waals surface area contributed by atoms with Gasteiger partial charge in [0.15, 0.2) is 0 Å². The average Bonchev–Trinajstić information content (AvgIpc) is 2.46. The predicted molar refractivity (Wildman–Crippen MR) is 76.5 cm³/mol. The van der Waals surface area contributed by atoms with Crippen LogP contribution in [0, 0.1) is 11.8 Å². The SMILES string of the molecule is CCc1ccc(C(O)C2CCCC(CC)C2)cc1. The molecule has 1 N–H and O–H groups in total. The molecular weight excluding hydrogens is 220 g/mol. The molecule has 0 aliphatic heterocycles.